The highest BCUT2D eigenvalue weighted by Crippen LogP contribution is 2.25. The molecule has 1 atom stereocenters. The first-order valence-corrected chi connectivity index (χ1v) is 10.0. The van der Waals surface area contributed by atoms with Crippen LogP contribution in [-0.4, -0.2) is 39.9 Å². The fraction of sp³-hybridized carbons (Fsp3) is 0.429. The van der Waals surface area contributed by atoms with E-state index in [4.69, 9.17) is 5.73 Å². The van der Waals surface area contributed by atoms with E-state index >= 15 is 0 Å². The predicted molar refractivity (Wildman–Crippen MR) is 114 cm³/mol. The van der Waals surface area contributed by atoms with Crippen LogP contribution in [0.4, 0.5) is 11.5 Å². The number of nitrogens with one attached hydrogen (secondary N) is 1. The van der Waals surface area contributed by atoms with E-state index in [1.54, 1.807) is 4.90 Å². The SMILES string of the molecule is CCCCn1c(N)c(N(C)C(=O)[C@H]2CC(=O)N(Cc3ccccc3)C2)c(=O)[nH]c1=O. The summed E-state index contributed by atoms with van der Waals surface area (Å²) in [7, 11) is 1.45. The summed E-state index contributed by atoms with van der Waals surface area (Å²) in [6.45, 7) is 3.02. The molecule has 1 aromatic heterocycles. The Labute approximate surface area is 174 Å². The van der Waals surface area contributed by atoms with E-state index in [9.17, 15) is 19.2 Å². The molecule has 1 aliphatic rings. The molecule has 0 radical (unpaired) electrons. The number of benzene rings is 1. The second-order valence-corrected chi connectivity index (χ2v) is 7.56. The summed E-state index contributed by atoms with van der Waals surface area (Å²) < 4.78 is 1.27. The first-order valence-electron chi connectivity index (χ1n) is 10.0. The van der Waals surface area contributed by atoms with Gasteiger partial charge >= 0.3 is 5.69 Å². The number of hydrogen-bond donors (Lipinski definition) is 2. The summed E-state index contributed by atoms with van der Waals surface area (Å²) in [5.74, 6) is -1.11. The second kappa shape index (κ2) is 8.98. The average Bonchev–Trinajstić information content (AvgIpc) is 3.08. The van der Waals surface area contributed by atoms with Gasteiger partial charge in [-0.15, -0.1) is 0 Å². The number of carbonyl (C=O) groups excluding carboxylic acids is 2. The Morgan fingerprint density at radius 2 is 1.93 bits per heavy atom. The van der Waals surface area contributed by atoms with E-state index in [0.717, 1.165) is 12.0 Å². The maximum Gasteiger partial charge on any atom is 0.330 e. The Bertz CT molecular complexity index is 1040. The minimum Gasteiger partial charge on any atom is -0.383 e. The number of amides is 2. The smallest absolute Gasteiger partial charge is 0.330 e. The summed E-state index contributed by atoms with van der Waals surface area (Å²) in [4.78, 5) is 55.0. The zero-order chi connectivity index (χ0) is 21.8. The molecule has 1 aromatic carbocycles. The van der Waals surface area contributed by atoms with Gasteiger partial charge in [-0.25, -0.2) is 4.79 Å². The Balaban J connectivity index is 1.80. The lowest BCUT2D eigenvalue weighted by molar-refractivity contribution is -0.128. The van der Waals surface area contributed by atoms with E-state index < -0.39 is 17.2 Å². The lowest BCUT2D eigenvalue weighted by Gasteiger charge is -2.23. The second-order valence-electron chi connectivity index (χ2n) is 7.56. The Kier molecular flexibility index (Phi) is 6.39. The number of anilines is 2. The fourth-order valence-electron chi connectivity index (χ4n) is 3.72. The van der Waals surface area contributed by atoms with Gasteiger partial charge in [0.15, 0.2) is 5.69 Å². The molecular formula is C21H27N5O4. The highest BCUT2D eigenvalue weighted by atomic mass is 16.2. The van der Waals surface area contributed by atoms with Crippen molar-refractivity contribution in [2.45, 2.75) is 39.3 Å². The van der Waals surface area contributed by atoms with Gasteiger partial charge in [0, 0.05) is 33.1 Å². The largest absolute Gasteiger partial charge is 0.383 e. The molecule has 0 unspecified atom stereocenters. The number of carbonyl (C=O) groups is 2. The summed E-state index contributed by atoms with van der Waals surface area (Å²) >= 11 is 0. The molecule has 2 heterocycles. The van der Waals surface area contributed by atoms with Crippen LogP contribution in [-0.2, 0) is 22.7 Å². The van der Waals surface area contributed by atoms with Crippen LogP contribution in [0.15, 0.2) is 39.9 Å². The first kappa shape index (κ1) is 21.4. The number of H-pyrrole nitrogens is 1. The van der Waals surface area contributed by atoms with Crippen LogP contribution in [0.3, 0.4) is 0 Å². The zero-order valence-corrected chi connectivity index (χ0v) is 17.3. The van der Waals surface area contributed by atoms with Crippen molar-refractivity contribution in [2.24, 2.45) is 5.92 Å². The Morgan fingerprint density at radius 3 is 2.60 bits per heavy atom. The molecular weight excluding hydrogens is 386 g/mol. The average molecular weight is 413 g/mol. The van der Waals surface area contributed by atoms with Crippen LogP contribution in [0, 0.1) is 5.92 Å². The van der Waals surface area contributed by atoms with Crippen molar-refractivity contribution in [3.63, 3.8) is 0 Å². The minimum absolute atomic E-state index is 0.0430. The standard InChI is InChI=1S/C21H27N5O4/c1-3-4-10-26-18(22)17(19(28)23-21(26)30)24(2)20(29)15-11-16(27)25(13-15)12-14-8-6-5-7-9-14/h5-9,15H,3-4,10-13,22H2,1-2H3,(H,23,28,30)/t15-/m0/s1. The van der Waals surface area contributed by atoms with E-state index in [2.05, 4.69) is 4.98 Å². The van der Waals surface area contributed by atoms with Gasteiger partial charge in [-0.2, -0.15) is 0 Å². The number of aromatic nitrogens is 2. The third-order valence-electron chi connectivity index (χ3n) is 5.40. The number of rotatable bonds is 7. The molecule has 0 aliphatic carbocycles. The van der Waals surface area contributed by atoms with E-state index in [1.165, 1.54) is 16.5 Å². The number of aromatic amines is 1. The maximum absolute atomic E-state index is 13.1. The lowest BCUT2D eigenvalue weighted by atomic mass is 10.1. The van der Waals surface area contributed by atoms with Crippen molar-refractivity contribution in [1.82, 2.24) is 14.5 Å². The molecule has 9 nitrogen and oxygen atoms in total. The van der Waals surface area contributed by atoms with Gasteiger partial charge in [-0.05, 0) is 12.0 Å². The Hall–Kier alpha value is -3.36. The molecule has 3 rings (SSSR count). The van der Waals surface area contributed by atoms with Crippen molar-refractivity contribution < 1.29 is 9.59 Å². The molecule has 2 amide bonds. The van der Waals surface area contributed by atoms with Gasteiger partial charge in [0.25, 0.3) is 5.56 Å². The van der Waals surface area contributed by atoms with E-state index in [0.29, 0.717) is 19.5 Å². The van der Waals surface area contributed by atoms with Gasteiger partial charge in [0.05, 0.1) is 5.92 Å². The summed E-state index contributed by atoms with van der Waals surface area (Å²) in [5, 5.41) is 0. The normalized spacial score (nSPS) is 16.1. The van der Waals surface area contributed by atoms with Gasteiger partial charge in [-0.3, -0.25) is 23.9 Å². The molecule has 3 N–H and O–H groups in total. The molecule has 9 heteroatoms. The van der Waals surface area contributed by atoms with Gasteiger partial charge in [0.1, 0.15) is 5.82 Å². The lowest BCUT2D eigenvalue weighted by Crippen LogP contribution is -2.42. The van der Waals surface area contributed by atoms with Gasteiger partial charge < -0.3 is 15.5 Å². The highest BCUT2D eigenvalue weighted by Gasteiger charge is 2.37. The molecule has 0 saturated carbocycles. The van der Waals surface area contributed by atoms with Gasteiger partial charge in [0.2, 0.25) is 11.8 Å². The van der Waals surface area contributed by atoms with Crippen molar-refractivity contribution in [1.29, 1.82) is 0 Å². The van der Waals surface area contributed by atoms with Crippen LogP contribution in [0.5, 0.6) is 0 Å². The van der Waals surface area contributed by atoms with E-state index in [1.807, 2.05) is 37.3 Å². The first-order chi connectivity index (χ1) is 14.3. The van der Waals surface area contributed by atoms with Crippen molar-refractivity contribution >= 4 is 23.3 Å². The Morgan fingerprint density at radius 1 is 1.23 bits per heavy atom. The van der Waals surface area contributed by atoms with Gasteiger partial charge in [-0.1, -0.05) is 43.7 Å². The number of nitrogens with two attached hydrogens (primary N) is 1. The molecule has 0 spiro atoms. The number of unbranched alkanes of at least 4 members (excludes halogenated alkanes) is 1. The topological polar surface area (TPSA) is 121 Å². The third kappa shape index (κ3) is 4.29. The fourth-order valence-corrected chi connectivity index (χ4v) is 3.72. The quantitative estimate of drug-likeness (QED) is 0.699. The number of hydrogen-bond acceptors (Lipinski definition) is 5. The maximum atomic E-state index is 13.1. The molecule has 1 saturated heterocycles. The number of likely N-dealkylation sites (tertiary alicyclic amines) is 1. The zero-order valence-electron chi connectivity index (χ0n) is 17.3. The molecule has 160 valence electrons. The van der Waals surface area contributed by atoms with Crippen LogP contribution >= 0.6 is 0 Å². The molecule has 0 bridgehead atoms. The number of nitrogen functional groups attached to an aromatic ring is 1. The van der Waals surface area contributed by atoms with Crippen molar-refractivity contribution in [3.8, 4) is 0 Å². The van der Waals surface area contributed by atoms with Crippen LogP contribution in [0.1, 0.15) is 31.7 Å². The molecule has 1 aliphatic heterocycles. The van der Waals surface area contributed by atoms with Crippen molar-refractivity contribution in [2.75, 3.05) is 24.2 Å². The highest BCUT2D eigenvalue weighted by molar-refractivity contribution is 6.00. The monoisotopic (exact) mass is 413 g/mol. The van der Waals surface area contributed by atoms with Crippen LogP contribution in [0.25, 0.3) is 0 Å². The third-order valence-corrected chi connectivity index (χ3v) is 5.40. The number of nitrogens with zero attached hydrogens (tertiary/aromatic N) is 3. The van der Waals surface area contributed by atoms with Crippen LogP contribution in [0.2, 0.25) is 0 Å². The summed E-state index contributed by atoms with van der Waals surface area (Å²) in [5.41, 5.74) is 5.70. The minimum atomic E-state index is -0.716. The predicted octanol–water partition coefficient (Wildman–Crippen LogP) is 0.930. The molecule has 30 heavy (non-hydrogen) atoms. The van der Waals surface area contributed by atoms with Crippen molar-refractivity contribution in [3.05, 3.63) is 56.7 Å². The van der Waals surface area contributed by atoms with Crippen LogP contribution < -0.4 is 21.9 Å². The summed E-state index contributed by atoms with van der Waals surface area (Å²) in [6, 6.07) is 9.55. The molecule has 2 aromatic rings. The summed E-state index contributed by atoms with van der Waals surface area (Å²) in [6.07, 6.45) is 1.62. The van der Waals surface area contributed by atoms with E-state index in [-0.39, 0.29) is 36.3 Å². The molecule has 1 fully saturated rings.